The fourth-order valence-electron chi connectivity index (χ4n) is 2.20. The minimum atomic E-state index is -0.252. The van der Waals surface area contributed by atoms with Crippen LogP contribution < -0.4 is 10.6 Å². The highest BCUT2D eigenvalue weighted by atomic mass is 79.9. The number of carbonyl (C=O) groups excluding carboxylic acids is 1. The van der Waals surface area contributed by atoms with Crippen molar-refractivity contribution in [3.8, 4) is 0 Å². The van der Waals surface area contributed by atoms with Crippen LogP contribution in [0.15, 0.2) is 65.3 Å². The summed E-state index contributed by atoms with van der Waals surface area (Å²) in [6, 6.07) is 17.1. The molecule has 3 aromatic rings. The molecule has 0 radical (unpaired) electrons. The molecule has 0 saturated heterocycles. The van der Waals surface area contributed by atoms with Gasteiger partial charge in [-0.25, -0.2) is 4.79 Å². The predicted molar refractivity (Wildman–Crippen MR) is 91.7 cm³/mol. The van der Waals surface area contributed by atoms with E-state index in [0.717, 1.165) is 20.9 Å². The number of hydrogen-bond donors (Lipinski definition) is 2. The van der Waals surface area contributed by atoms with Gasteiger partial charge in [-0.2, -0.15) is 0 Å². The lowest BCUT2D eigenvalue weighted by atomic mass is 10.2. The topological polar surface area (TPSA) is 54.0 Å². The average Bonchev–Trinajstić information content (AvgIpc) is 2.53. The Balaban J connectivity index is 1.68. The number of urea groups is 1. The van der Waals surface area contributed by atoms with Crippen LogP contribution in [0.5, 0.6) is 0 Å². The minimum Gasteiger partial charge on any atom is -0.334 e. The highest BCUT2D eigenvalue weighted by Crippen LogP contribution is 2.20. The number of fused-ring (bicyclic) bond motifs is 1. The van der Waals surface area contributed by atoms with Gasteiger partial charge in [0.05, 0.1) is 11.2 Å². The van der Waals surface area contributed by atoms with Crippen molar-refractivity contribution in [2.45, 2.75) is 6.54 Å². The van der Waals surface area contributed by atoms with Crippen LogP contribution in [0.2, 0.25) is 0 Å². The Morgan fingerprint density at radius 2 is 1.91 bits per heavy atom. The predicted octanol–water partition coefficient (Wildman–Crippen LogP) is 4.32. The van der Waals surface area contributed by atoms with Crippen molar-refractivity contribution in [2.24, 2.45) is 0 Å². The molecule has 0 aliphatic heterocycles. The van der Waals surface area contributed by atoms with Crippen molar-refractivity contribution in [2.75, 3.05) is 5.32 Å². The molecule has 0 aliphatic carbocycles. The van der Waals surface area contributed by atoms with Crippen molar-refractivity contribution < 1.29 is 4.79 Å². The van der Waals surface area contributed by atoms with Gasteiger partial charge in [0.15, 0.2) is 0 Å². The Labute approximate surface area is 136 Å². The van der Waals surface area contributed by atoms with E-state index in [-0.39, 0.29) is 6.03 Å². The third-order valence-corrected chi connectivity index (χ3v) is 3.72. The number of hydrogen-bond acceptors (Lipinski definition) is 2. The van der Waals surface area contributed by atoms with E-state index in [4.69, 9.17) is 0 Å². The molecule has 0 fully saturated rings. The monoisotopic (exact) mass is 355 g/mol. The summed E-state index contributed by atoms with van der Waals surface area (Å²) < 4.78 is 0.991. The number of nitrogens with zero attached hydrogens (tertiary/aromatic N) is 1. The summed E-state index contributed by atoms with van der Waals surface area (Å²) in [4.78, 5) is 16.4. The molecule has 2 aromatic carbocycles. The highest BCUT2D eigenvalue weighted by molar-refractivity contribution is 9.10. The number of para-hydroxylation sites is 1. The number of halogens is 1. The second-order valence-electron chi connectivity index (χ2n) is 4.82. The van der Waals surface area contributed by atoms with E-state index in [1.807, 2.05) is 54.6 Å². The average molecular weight is 356 g/mol. The molecule has 4 nitrogen and oxygen atoms in total. The van der Waals surface area contributed by atoms with Gasteiger partial charge in [-0.3, -0.25) is 4.98 Å². The van der Waals surface area contributed by atoms with E-state index in [0.29, 0.717) is 12.2 Å². The Morgan fingerprint density at radius 1 is 1.09 bits per heavy atom. The summed E-state index contributed by atoms with van der Waals surface area (Å²) in [5.74, 6) is 0. The molecule has 1 heterocycles. The first-order valence-corrected chi connectivity index (χ1v) is 7.65. The van der Waals surface area contributed by atoms with Crippen molar-refractivity contribution in [3.05, 3.63) is 70.8 Å². The van der Waals surface area contributed by atoms with E-state index in [9.17, 15) is 4.79 Å². The summed E-state index contributed by atoms with van der Waals surface area (Å²) in [7, 11) is 0. The van der Waals surface area contributed by atoms with Crippen molar-refractivity contribution in [1.82, 2.24) is 10.3 Å². The van der Waals surface area contributed by atoms with Crippen LogP contribution in [0.4, 0.5) is 10.5 Å². The first kappa shape index (κ1) is 14.5. The largest absolute Gasteiger partial charge is 0.334 e. The van der Waals surface area contributed by atoms with Crippen molar-refractivity contribution in [3.63, 3.8) is 0 Å². The van der Waals surface area contributed by atoms with E-state index in [1.54, 1.807) is 6.20 Å². The number of amides is 2. The zero-order valence-electron chi connectivity index (χ0n) is 11.7. The van der Waals surface area contributed by atoms with Crippen molar-refractivity contribution in [1.29, 1.82) is 0 Å². The summed E-state index contributed by atoms with van der Waals surface area (Å²) >= 11 is 3.41. The lowest BCUT2D eigenvalue weighted by molar-refractivity contribution is 0.252. The second-order valence-corrected chi connectivity index (χ2v) is 5.73. The van der Waals surface area contributed by atoms with Crippen LogP contribution in [-0.2, 0) is 6.54 Å². The van der Waals surface area contributed by atoms with Crippen LogP contribution in [-0.4, -0.2) is 11.0 Å². The third-order valence-electron chi connectivity index (χ3n) is 3.22. The molecular weight excluding hydrogens is 342 g/mol. The third kappa shape index (κ3) is 3.43. The molecule has 0 spiro atoms. The normalized spacial score (nSPS) is 10.4. The standard InChI is InChI=1S/C17H14BrN3O/c18-14-7-1-4-12(10-14)11-20-17(22)21-15-8-2-5-13-6-3-9-19-16(13)15/h1-10H,11H2,(H2,20,21,22). The van der Waals surface area contributed by atoms with E-state index in [1.165, 1.54) is 0 Å². The molecule has 110 valence electrons. The number of benzene rings is 2. The number of anilines is 1. The van der Waals surface area contributed by atoms with Gasteiger partial charge >= 0.3 is 6.03 Å². The van der Waals surface area contributed by atoms with Crippen LogP contribution >= 0.6 is 15.9 Å². The van der Waals surface area contributed by atoms with Crippen LogP contribution in [0.25, 0.3) is 10.9 Å². The van der Waals surface area contributed by atoms with Gasteiger partial charge in [0.2, 0.25) is 0 Å². The van der Waals surface area contributed by atoms with Crippen LogP contribution in [0.1, 0.15) is 5.56 Å². The lowest BCUT2D eigenvalue weighted by Gasteiger charge is -2.09. The molecule has 2 N–H and O–H groups in total. The number of nitrogens with one attached hydrogen (secondary N) is 2. The summed E-state index contributed by atoms with van der Waals surface area (Å²) in [6.07, 6.45) is 1.72. The Morgan fingerprint density at radius 3 is 2.77 bits per heavy atom. The molecule has 0 saturated carbocycles. The van der Waals surface area contributed by atoms with Gasteiger partial charge in [-0.15, -0.1) is 0 Å². The van der Waals surface area contributed by atoms with Gasteiger partial charge in [0, 0.05) is 22.6 Å². The maximum absolute atomic E-state index is 12.1. The van der Waals surface area contributed by atoms with Crippen molar-refractivity contribution >= 4 is 38.6 Å². The molecule has 0 unspecified atom stereocenters. The molecule has 5 heteroatoms. The number of rotatable bonds is 3. The van der Waals surface area contributed by atoms with Crippen LogP contribution in [0, 0.1) is 0 Å². The smallest absolute Gasteiger partial charge is 0.319 e. The molecular formula is C17H14BrN3O. The van der Waals surface area contributed by atoms with Gasteiger partial charge in [0.1, 0.15) is 0 Å². The summed E-state index contributed by atoms with van der Waals surface area (Å²) in [5.41, 5.74) is 2.51. The lowest BCUT2D eigenvalue weighted by Crippen LogP contribution is -2.28. The van der Waals surface area contributed by atoms with Crippen LogP contribution in [0.3, 0.4) is 0 Å². The van der Waals surface area contributed by atoms with Gasteiger partial charge in [-0.05, 0) is 29.8 Å². The van der Waals surface area contributed by atoms with E-state index < -0.39 is 0 Å². The molecule has 1 aromatic heterocycles. The van der Waals surface area contributed by atoms with Gasteiger partial charge in [-0.1, -0.05) is 46.3 Å². The Kier molecular flexibility index (Phi) is 4.34. The fraction of sp³-hybridized carbons (Fsp3) is 0.0588. The van der Waals surface area contributed by atoms with Gasteiger partial charge < -0.3 is 10.6 Å². The second kappa shape index (κ2) is 6.58. The summed E-state index contributed by atoms with van der Waals surface area (Å²) in [5, 5.41) is 6.68. The quantitative estimate of drug-likeness (QED) is 0.734. The maximum atomic E-state index is 12.1. The summed E-state index contributed by atoms with van der Waals surface area (Å²) in [6.45, 7) is 0.462. The van der Waals surface area contributed by atoms with Gasteiger partial charge in [0.25, 0.3) is 0 Å². The first-order chi connectivity index (χ1) is 10.7. The molecule has 0 bridgehead atoms. The molecule has 2 amide bonds. The number of pyridine rings is 1. The molecule has 0 atom stereocenters. The Bertz CT molecular complexity index is 814. The zero-order chi connectivity index (χ0) is 15.4. The van der Waals surface area contributed by atoms with E-state index >= 15 is 0 Å². The maximum Gasteiger partial charge on any atom is 0.319 e. The Hall–Kier alpha value is -2.40. The number of aromatic nitrogens is 1. The molecule has 3 rings (SSSR count). The molecule has 22 heavy (non-hydrogen) atoms. The number of carbonyl (C=O) groups is 1. The molecule has 0 aliphatic rings. The first-order valence-electron chi connectivity index (χ1n) is 6.85. The van der Waals surface area contributed by atoms with E-state index in [2.05, 4.69) is 31.5 Å². The highest BCUT2D eigenvalue weighted by Gasteiger charge is 2.06. The SMILES string of the molecule is O=C(NCc1cccc(Br)c1)Nc1cccc2cccnc12. The minimum absolute atomic E-state index is 0.252. The fourth-order valence-corrected chi connectivity index (χ4v) is 2.65. The zero-order valence-corrected chi connectivity index (χ0v) is 13.3.